The van der Waals surface area contributed by atoms with Crippen molar-refractivity contribution in [3.63, 3.8) is 0 Å². The standard InChI is InChI=1S/C18H18N2O5S/c1-11(2)16-17(21)19-14-10-12(18(22)23)8-9-15(14)20(16)26(24,25)13-6-4-3-5-7-13/h3-11,16H,1-2H3,(H,19,21)(H,22,23). The first-order valence-electron chi connectivity index (χ1n) is 8.01. The highest BCUT2D eigenvalue weighted by molar-refractivity contribution is 7.93. The van der Waals surface area contributed by atoms with Crippen molar-refractivity contribution in [2.24, 2.45) is 5.92 Å². The van der Waals surface area contributed by atoms with Gasteiger partial charge in [0, 0.05) is 0 Å². The van der Waals surface area contributed by atoms with Crippen LogP contribution in [0, 0.1) is 5.92 Å². The maximum absolute atomic E-state index is 13.3. The van der Waals surface area contributed by atoms with E-state index in [0.29, 0.717) is 0 Å². The summed E-state index contributed by atoms with van der Waals surface area (Å²) in [5.74, 6) is -1.94. The SMILES string of the molecule is CC(C)C1C(=O)Nc2cc(C(=O)O)ccc2N1S(=O)(=O)c1ccccc1. The summed E-state index contributed by atoms with van der Waals surface area (Å²) >= 11 is 0. The molecule has 1 atom stereocenters. The largest absolute Gasteiger partial charge is 0.478 e. The number of amides is 1. The van der Waals surface area contributed by atoms with Gasteiger partial charge in [-0.1, -0.05) is 32.0 Å². The average molecular weight is 374 g/mol. The first-order valence-corrected chi connectivity index (χ1v) is 9.45. The Bertz CT molecular complexity index is 970. The number of carbonyl (C=O) groups is 2. The molecule has 7 nitrogen and oxygen atoms in total. The van der Waals surface area contributed by atoms with Crippen molar-refractivity contribution < 1.29 is 23.1 Å². The fraction of sp³-hybridized carbons (Fsp3) is 0.222. The van der Waals surface area contributed by atoms with E-state index in [4.69, 9.17) is 5.11 Å². The van der Waals surface area contributed by atoms with Gasteiger partial charge in [-0.25, -0.2) is 13.2 Å². The molecule has 0 saturated heterocycles. The van der Waals surface area contributed by atoms with Crippen LogP contribution in [-0.4, -0.2) is 31.4 Å². The molecule has 0 aromatic heterocycles. The third-order valence-corrected chi connectivity index (χ3v) is 6.00. The van der Waals surface area contributed by atoms with Crippen LogP contribution in [0.5, 0.6) is 0 Å². The highest BCUT2D eigenvalue weighted by atomic mass is 32.2. The smallest absolute Gasteiger partial charge is 0.335 e. The van der Waals surface area contributed by atoms with Gasteiger partial charge in [0.2, 0.25) is 5.91 Å². The molecule has 0 fully saturated rings. The van der Waals surface area contributed by atoms with Crippen molar-refractivity contribution in [1.82, 2.24) is 0 Å². The van der Waals surface area contributed by atoms with Crippen LogP contribution in [0.3, 0.4) is 0 Å². The minimum atomic E-state index is -4.01. The molecule has 8 heteroatoms. The maximum atomic E-state index is 13.3. The van der Waals surface area contributed by atoms with Gasteiger partial charge in [0.05, 0.1) is 21.8 Å². The highest BCUT2D eigenvalue weighted by Gasteiger charge is 2.42. The Hall–Kier alpha value is -2.87. The second kappa shape index (κ2) is 6.45. The highest BCUT2D eigenvalue weighted by Crippen LogP contribution is 2.38. The number of carbonyl (C=O) groups excluding carboxylic acids is 1. The summed E-state index contributed by atoms with van der Waals surface area (Å²) in [6.45, 7) is 3.52. The molecule has 1 unspecified atom stereocenters. The minimum Gasteiger partial charge on any atom is -0.478 e. The van der Waals surface area contributed by atoms with Gasteiger partial charge in [-0.05, 0) is 36.2 Å². The lowest BCUT2D eigenvalue weighted by Crippen LogP contribution is -2.53. The van der Waals surface area contributed by atoms with Crippen molar-refractivity contribution in [2.75, 3.05) is 9.62 Å². The molecule has 0 radical (unpaired) electrons. The first-order chi connectivity index (χ1) is 12.2. The van der Waals surface area contributed by atoms with Crippen LogP contribution in [0.4, 0.5) is 11.4 Å². The Morgan fingerprint density at radius 1 is 1.15 bits per heavy atom. The quantitative estimate of drug-likeness (QED) is 0.856. The van der Waals surface area contributed by atoms with Crippen LogP contribution < -0.4 is 9.62 Å². The molecule has 0 saturated carbocycles. The van der Waals surface area contributed by atoms with Gasteiger partial charge in [-0.15, -0.1) is 0 Å². The summed E-state index contributed by atoms with van der Waals surface area (Å²) in [4.78, 5) is 23.9. The number of aromatic carboxylic acids is 1. The zero-order valence-corrected chi connectivity index (χ0v) is 15.0. The van der Waals surface area contributed by atoms with E-state index in [9.17, 15) is 18.0 Å². The molecule has 1 heterocycles. The van der Waals surface area contributed by atoms with Crippen LogP contribution in [0.25, 0.3) is 0 Å². The van der Waals surface area contributed by atoms with Crippen LogP contribution in [0.1, 0.15) is 24.2 Å². The Balaban J connectivity index is 2.23. The van der Waals surface area contributed by atoms with E-state index < -0.39 is 27.9 Å². The zero-order chi connectivity index (χ0) is 19.1. The van der Waals surface area contributed by atoms with Crippen LogP contribution in [0.15, 0.2) is 53.4 Å². The molecule has 0 bridgehead atoms. The van der Waals surface area contributed by atoms with Crippen molar-refractivity contribution in [3.8, 4) is 0 Å². The van der Waals surface area contributed by atoms with Crippen molar-refractivity contribution in [2.45, 2.75) is 24.8 Å². The van der Waals surface area contributed by atoms with Crippen molar-refractivity contribution in [1.29, 1.82) is 0 Å². The maximum Gasteiger partial charge on any atom is 0.335 e. The molecule has 2 aromatic carbocycles. The number of benzene rings is 2. The third kappa shape index (κ3) is 2.92. The number of nitrogens with one attached hydrogen (secondary N) is 1. The lowest BCUT2D eigenvalue weighted by Gasteiger charge is -2.39. The van der Waals surface area contributed by atoms with E-state index in [1.54, 1.807) is 32.0 Å². The van der Waals surface area contributed by atoms with E-state index in [2.05, 4.69) is 5.32 Å². The van der Waals surface area contributed by atoms with Crippen LogP contribution in [0.2, 0.25) is 0 Å². The molecule has 2 N–H and O–H groups in total. The molecule has 1 amide bonds. The van der Waals surface area contributed by atoms with Gasteiger partial charge in [0.1, 0.15) is 6.04 Å². The molecular weight excluding hydrogens is 356 g/mol. The molecule has 3 rings (SSSR count). The number of hydrogen-bond donors (Lipinski definition) is 2. The van der Waals surface area contributed by atoms with Gasteiger partial charge in [0.25, 0.3) is 10.0 Å². The molecule has 136 valence electrons. The predicted molar refractivity (Wildman–Crippen MR) is 96.8 cm³/mol. The molecule has 26 heavy (non-hydrogen) atoms. The molecular formula is C18H18N2O5S. The van der Waals surface area contributed by atoms with Gasteiger partial charge in [-0.2, -0.15) is 0 Å². The molecule has 1 aliphatic rings. The minimum absolute atomic E-state index is 0.0379. The van der Waals surface area contributed by atoms with Gasteiger partial charge in [0.15, 0.2) is 0 Å². The van der Waals surface area contributed by atoms with Gasteiger partial charge in [-0.3, -0.25) is 9.10 Å². The number of anilines is 2. The van der Waals surface area contributed by atoms with E-state index in [0.717, 1.165) is 4.31 Å². The summed E-state index contributed by atoms with van der Waals surface area (Å²) in [6, 6.07) is 10.9. The van der Waals surface area contributed by atoms with Crippen LogP contribution in [-0.2, 0) is 14.8 Å². The van der Waals surface area contributed by atoms with Crippen molar-refractivity contribution in [3.05, 3.63) is 54.1 Å². The summed E-state index contributed by atoms with van der Waals surface area (Å²) in [6.07, 6.45) is 0. The van der Waals surface area contributed by atoms with E-state index in [-0.39, 0.29) is 27.8 Å². The lowest BCUT2D eigenvalue weighted by atomic mass is 9.99. The zero-order valence-electron chi connectivity index (χ0n) is 14.2. The van der Waals surface area contributed by atoms with E-state index in [1.807, 2.05) is 0 Å². The van der Waals surface area contributed by atoms with Gasteiger partial charge < -0.3 is 10.4 Å². The summed E-state index contributed by atoms with van der Waals surface area (Å²) in [7, 11) is -4.01. The Kier molecular flexibility index (Phi) is 4.45. The Morgan fingerprint density at radius 2 is 1.81 bits per heavy atom. The first kappa shape index (κ1) is 17.9. The van der Waals surface area contributed by atoms with E-state index >= 15 is 0 Å². The molecule has 0 aliphatic carbocycles. The molecule has 2 aromatic rings. The Labute approximate surface area is 151 Å². The topological polar surface area (TPSA) is 104 Å². The monoisotopic (exact) mass is 374 g/mol. The number of rotatable bonds is 4. The Morgan fingerprint density at radius 3 is 2.38 bits per heavy atom. The number of nitrogens with zero attached hydrogens (tertiary/aromatic N) is 1. The summed E-state index contributed by atoms with van der Waals surface area (Å²) < 4.78 is 27.6. The molecule has 0 spiro atoms. The normalized spacial score (nSPS) is 17.0. The van der Waals surface area contributed by atoms with Crippen molar-refractivity contribution >= 4 is 33.3 Å². The number of fused-ring (bicyclic) bond motifs is 1. The summed E-state index contributed by atoms with van der Waals surface area (Å²) in [5, 5.41) is 11.8. The fourth-order valence-electron chi connectivity index (χ4n) is 2.98. The average Bonchev–Trinajstić information content (AvgIpc) is 2.60. The number of carboxylic acid groups (broad SMARTS) is 1. The third-order valence-electron chi connectivity index (χ3n) is 4.19. The summed E-state index contributed by atoms with van der Waals surface area (Å²) in [5.41, 5.74) is 0.368. The second-order valence-electron chi connectivity index (χ2n) is 6.33. The van der Waals surface area contributed by atoms with E-state index in [1.165, 1.54) is 30.3 Å². The lowest BCUT2D eigenvalue weighted by molar-refractivity contribution is -0.118. The molecule has 1 aliphatic heterocycles. The van der Waals surface area contributed by atoms with Crippen LogP contribution >= 0.6 is 0 Å². The number of sulfonamides is 1. The van der Waals surface area contributed by atoms with Gasteiger partial charge >= 0.3 is 5.97 Å². The fourth-order valence-corrected chi connectivity index (χ4v) is 4.77. The number of hydrogen-bond acceptors (Lipinski definition) is 4. The second-order valence-corrected chi connectivity index (χ2v) is 8.14. The predicted octanol–water partition coefficient (Wildman–Crippen LogP) is 2.56. The number of carboxylic acids is 1.